The van der Waals surface area contributed by atoms with E-state index in [0.717, 1.165) is 22.3 Å². The number of aryl methyl sites for hydroxylation is 1. The number of anilines is 1. The Morgan fingerprint density at radius 2 is 1.28 bits per heavy atom. The summed E-state index contributed by atoms with van der Waals surface area (Å²) in [5.74, 6) is 0. The van der Waals surface area contributed by atoms with Gasteiger partial charge in [-0.2, -0.15) is 0 Å². The summed E-state index contributed by atoms with van der Waals surface area (Å²) in [4.78, 5) is 4.67. The number of nitrogens with zero attached hydrogens (tertiary/aromatic N) is 2. The Bertz CT molecular complexity index is 1350. The summed E-state index contributed by atoms with van der Waals surface area (Å²) >= 11 is 0. The van der Waals surface area contributed by atoms with Crippen molar-refractivity contribution in [2.24, 2.45) is 4.74 Å². The molecule has 0 fully saturated rings. The Morgan fingerprint density at radius 1 is 0.656 bits per heavy atom. The number of pyridine rings is 1. The van der Waals surface area contributed by atoms with Crippen LogP contribution in [-0.4, -0.2) is 4.98 Å². The molecule has 0 amide bonds. The minimum Gasteiger partial charge on any atom is -0.345 e. The molecule has 32 heavy (non-hydrogen) atoms. The number of fused-ring (bicyclic) bond motifs is 1. The number of para-hydroxylation sites is 1. The summed E-state index contributed by atoms with van der Waals surface area (Å²) in [7, 11) is -2.43. The molecule has 3 nitrogen and oxygen atoms in total. The molecule has 0 unspecified atom stereocenters. The lowest BCUT2D eigenvalue weighted by Crippen LogP contribution is -2.22. The van der Waals surface area contributed by atoms with Gasteiger partial charge in [0.15, 0.2) is 0 Å². The van der Waals surface area contributed by atoms with E-state index in [9.17, 15) is 0 Å². The molecule has 0 saturated carbocycles. The summed E-state index contributed by atoms with van der Waals surface area (Å²) in [6.45, 7) is 2.10. The minimum absolute atomic E-state index is 0.892. The maximum atomic E-state index is 5.51. The van der Waals surface area contributed by atoms with Gasteiger partial charge in [0.05, 0.1) is 11.2 Å². The monoisotopic (exact) mass is 433 g/mol. The summed E-state index contributed by atoms with van der Waals surface area (Å²) in [5.41, 5.74) is 4.09. The van der Waals surface area contributed by atoms with Crippen molar-refractivity contribution in [2.75, 3.05) is 5.09 Å². The Kier molecular flexibility index (Phi) is 5.58. The summed E-state index contributed by atoms with van der Waals surface area (Å²) in [6, 6.07) is 39.9. The van der Waals surface area contributed by atoms with Gasteiger partial charge in [-0.3, -0.25) is 4.98 Å². The van der Waals surface area contributed by atoms with Gasteiger partial charge in [-0.05, 0) is 31.2 Å². The highest BCUT2D eigenvalue weighted by Gasteiger charge is 2.25. The molecule has 1 N–H and O–H groups in total. The van der Waals surface area contributed by atoms with E-state index in [2.05, 4.69) is 126 Å². The predicted molar refractivity (Wildman–Crippen MR) is 138 cm³/mol. The van der Waals surface area contributed by atoms with E-state index in [1.165, 1.54) is 16.2 Å². The lowest BCUT2D eigenvalue weighted by molar-refractivity contribution is 1.40. The average Bonchev–Trinajstić information content (AvgIpc) is 2.86. The zero-order chi connectivity index (χ0) is 21.8. The summed E-state index contributed by atoms with van der Waals surface area (Å²) < 4.78 is 5.51. The van der Waals surface area contributed by atoms with Crippen molar-refractivity contribution in [1.29, 1.82) is 0 Å². The van der Waals surface area contributed by atoms with Gasteiger partial charge in [-0.15, -0.1) is 0 Å². The molecule has 0 spiro atoms. The van der Waals surface area contributed by atoms with Gasteiger partial charge in [0.25, 0.3) is 0 Å². The molecule has 0 atom stereocenters. The highest BCUT2D eigenvalue weighted by atomic mass is 31.2. The lowest BCUT2D eigenvalue weighted by atomic mass is 10.2. The van der Waals surface area contributed by atoms with Crippen molar-refractivity contribution < 1.29 is 0 Å². The molecular formula is C28H24N3P. The molecule has 0 aliphatic carbocycles. The first-order chi connectivity index (χ1) is 15.7. The highest BCUT2D eigenvalue weighted by Crippen LogP contribution is 2.50. The van der Waals surface area contributed by atoms with E-state index in [1.807, 2.05) is 12.3 Å². The topological polar surface area (TPSA) is 37.3 Å². The van der Waals surface area contributed by atoms with Crippen LogP contribution in [0.4, 0.5) is 11.4 Å². The van der Waals surface area contributed by atoms with Crippen molar-refractivity contribution in [3.63, 3.8) is 0 Å². The van der Waals surface area contributed by atoms with Crippen LogP contribution in [0.2, 0.25) is 0 Å². The third-order valence-corrected chi connectivity index (χ3v) is 8.66. The Hall–Kier alpha value is -3.68. The van der Waals surface area contributed by atoms with Crippen LogP contribution in [0.25, 0.3) is 10.9 Å². The standard InChI is InChI=1S/C28H24N3P/c1-22-17-19-24(20-18-22)30-32(25-12-4-2-5-13-25,26-14-6-3-7-15-26)31-27-16-8-10-23-11-9-21-29-28(23)27/h2-21,30H,1H3. The van der Waals surface area contributed by atoms with Crippen molar-refractivity contribution in [1.82, 2.24) is 4.98 Å². The molecule has 4 heteroatoms. The number of rotatable bonds is 5. The largest absolute Gasteiger partial charge is 0.345 e. The SMILES string of the molecule is Cc1ccc(NP(=Nc2cccc3cccnc23)(c2ccccc2)c2ccccc2)cc1. The van der Waals surface area contributed by atoms with Crippen LogP contribution in [0.15, 0.2) is 126 Å². The molecule has 0 saturated heterocycles. The molecule has 5 aromatic rings. The van der Waals surface area contributed by atoms with Crippen LogP contribution in [-0.2, 0) is 0 Å². The maximum Gasteiger partial charge on any atom is 0.115 e. The van der Waals surface area contributed by atoms with Crippen LogP contribution < -0.4 is 15.7 Å². The number of aromatic nitrogens is 1. The van der Waals surface area contributed by atoms with Crippen LogP contribution in [0.3, 0.4) is 0 Å². The molecule has 0 aliphatic heterocycles. The van der Waals surface area contributed by atoms with Crippen LogP contribution in [0, 0.1) is 6.92 Å². The van der Waals surface area contributed by atoms with Crippen molar-refractivity contribution in [3.8, 4) is 0 Å². The fraction of sp³-hybridized carbons (Fsp3) is 0.0357. The molecule has 4 aromatic carbocycles. The molecule has 1 aromatic heterocycles. The Morgan fingerprint density at radius 3 is 1.94 bits per heavy atom. The second kappa shape index (κ2) is 8.82. The molecule has 0 radical (unpaired) electrons. The highest BCUT2D eigenvalue weighted by molar-refractivity contribution is 7.82. The zero-order valence-electron chi connectivity index (χ0n) is 17.9. The molecule has 5 rings (SSSR count). The second-order valence-electron chi connectivity index (χ2n) is 7.74. The van der Waals surface area contributed by atoms with E-state index in [1.54, 1.807) is 0 Å². The first-order valence-corrected chi connectivity index (χ1v) is 12.4. The van der Waals surface area contributed by atoms with Crippen LogP contribution in [0.5, 0.6) is 0 Å². The molecule has 1 heterocycles. The first kappa shape index (κ1) is 20.2. The van der Waals surface area contributed by atoms with Gasteiger partial charge in [0.1, 0.15) is 7.21 Å². The van der Waals surface area contributed by atoms with Crippen molar-refractivity contribution >= 4 is 40.1 Å². The quantitative estimate of drug-likeness (QED) is 0.301. The number of nitrogens with one attached hydrogen (secondary N) is 1. The molecule has 156 valence electrons. The maximum absolute atomic E-state index is 5.51. The zero-order valence-corrected chi connectivity index (χ0v) is 18.8. The van der Waals surface area contributed by atoms with Gasteiger partial charge < -0.3 is 5.09 Å². The molecule has 0 aliphatic rings. The number of hydrogen-bond donors (Lipinski definition) is 1. The van der Waals surface area contributed by atoms with Gasteiger partial charge in [-0.1, -0.05) is 96.6 Å². The summed E-state index contributed by atoms with van der Waals surface area (Å²) in [5, 5.41) is 7.30. The smallest absolute Gasteiger partial charge is 0.115 e. The van der Waals surface area contributed by atoms with Crippen LogP contribution in [0.1, 0.15) is 5.56 Å². The third-order valence-electron chi connectivity index (χ3n) is 5.47. The molecular weight excluding hydrogens is 409 g/mol. The van der Waals surface area contributed by atoms with Crippen molar-refractivity contribution in [3.05, 3.63) is 127 Å². The number of benzene rings is 4. The first-order valence-electron chi connectivity index (χ1n) is 10.7. The average molecular weight is 433 g/mol. The summed E-state index contributed by atoms with van der Waals surface area (Å²) in [6.07, 6.45) is 1.83. The fourth-order valence-corrected chi connectivity index (χ4v) is 6.90. The van der Waals surface area contributed by atoms with E-state index >= 15 is 0 Å². The molecule has 0 bridgehead atoms. The Labute approximate surface area is 188 Å². The van der Waals surface area contributed by atoms with Gasteiger partial charge in [0.2, 0.25) is 0 Å². The normalized spacial score (nSPS) is 11.3. The van der Waals surface area contributed by atoms with Gasteiger partial charge in [0, 0.05) is 27.9 Å². The Balaban J connectivity index is 1.84. The minimum atomic E-state index is -2.43. The fourth-order valence-electron chi connectivity index (χ4n) is 3.85. The number of hydrogen-bond acceptors (Lipinski definition) is 2. The third kappa shape index (κ3) is 3.95. The van der Waals surface area contributed by atoms with Crippen LogP contribution >= 0.6 is 7.21 Å². The van der Waals surface area contributed by atoms with E-state index in [4.69, 9.17) is 4.74 Å². The predicted octanol–water partition coefficient (Wildman–Crippen LogP) is 7.05. The second-order valence-corrected chi connectivity index (χ2v) is 10.5. The van der Waals surface area contributed by atoms with E-state index in [-0.39, 0.29) is 0 Å². The van der Waals surface area contributed by atoms with Gasteiger partial charge in [-0.25, -0.2) is 4.74 Å². The lowest BCUT2D eigenvalue weighted by Gasteiger charge is -2.28. The van der Waals surface area contributed by atoms with E-state index in [0.29, 0.717) is 0 Å². The van der Waals surface area contributed by atoms with Gasteiger partial charge >= 0.3 is 0 Å². The van der Waals surface area contributed by atoms with Crippen molar-refractivity contribution in [2.45, 2.75) is 6.92 Å². The van der Waals surface area contributed by atoms with E-state index < -0.39 is 7.21 Å².